The third kappa shape index (κ3) is 5.19. The van der Waals surface area contributed by atoms with Crippen molar-refractivity contribution in [3.8, 4) is 0 Å². The maximum atomic E-state index is 12.4. The van der Waals surface area contributed by atoms with Gasteiger partial charge >= 0.3 is 6.03 Å². The molecule has 0 saturated carbocycles. The summed E-state index contributed by atoms with van der Waals surface area (Å²) >= 11 is 1.68. The number of rotatable bonds is 5. The average Bonchev–Trinajstić information content (AvgIpc) is 3.29. The molecule has 2 saturated heterocycles. The zero-order valence-corrected chi connectivity index (χ0v) is 15.8. The highest BCUT2D eigenvalue weighted by atomic mass is 32.1. The van der Waals surface area contributed by atoms with Crippen LogP contribution in [0.3, 0.4) is 0 Å². The van der Waals surface area contributed by atoms with E-state index >= 15 is 0 Å². The molecule has 3 amide bonds. The fraction of sp³-hybridized carbons (Fsp3) is 0.667. The van der Waals surface area contributed by atoms with E-state index in [1.165, 1.54) is 5.56 Å². The first kappa shape index (κ1) is 18.2. The Morgan fingerprint density at radius 2 is 1.84 bits per heavy atom. The minimum absolute atomic E-state index is 0.00764. The predicted octanol–water partition coefficient (Wildman–Crippen LogP) is 1.63. The number of hydrogen-bond acceptors (Lipinski definition) is 4. The topological polar surface area (TPSA) is 55.9 Å². The van der Waals surface area contributed by atoms with Crippen molar-refractivity contribution in [2.24, 2.45) is 0 Å². The quantitative estimate of drug-likeness (QED) is 0.864. The molecule has 0 aromatic carbocycles. The van der Waals surface area contributed by atoms with Gasteiger partial charge in [0.15, 0.2) is 0 Å². The molecule has 25 heavy (non-hydrogen) atoms. The summed E-state index contributed by atoms with van der Waals surface area (Å²) in [5, 5.41) is 7.27. The molecule has 1 atom stereocenters. The molecule has 1 aromatic heterocycles. The van der Waals surface area contributed by atoms with E-state index < -0.39 is 0 Å². The minimum Gasteiger partial charge on any atom is -0.342 e. The molecule has 2 aliphatic rings. The second-order valence-corrected chi connectivity index (χ2v) is 7.82. The summed E-state index contributed by atoms with van der Waals surface area (Å²) in [6.07, 6.45) is 3.12. The van der Waals surface area contributed by atoms with Gasteiger partial charge in [-0.2, -0.15) is 11.3 Å². The Labute approximate surface area is 153 Å². The summed E-state index contributed by atoms with van der Waals surface area (Å²) in [5.74, 6) is 0.236. The Balaban J connectivity index is 1.37. The van der Waals surface area contributed by atoms with Gasteiger partial charge in [-0.3, -0.25) is 9.69 Å². The first-order valence-electron chi connectivity index (χ1n) is 9.18. The van der Waals surface area contributed by atoms with Crippen LogP contribution in [-0.2, 0) is 11.2 Å². The number of nitrogens with one attached hydrogen (secondary N) is 1. The Morgan fingerprint density at radius 3 is 2.48 bits per heavy atom. The van der Waals surface area contributed by atoms with Gasteiger partial charge in [0.05, 0.1) is 6.54 Å². The van der Waals surface area contributed by atoms with Crippen LogP contribution in [-0.4, -0.2) is 78.5 Å². The fourth-order valence-corrected chi connectivity index (χ4v) is 4.16. The second kappa shape index (κ2) is 8.67. The van der Waals surface area contributed by atoms with E-state index in [1.807, 2.05) is 16.7 Å². The summed E-state index contributed by atoms with van der Waals surface area (Å²) in [4.78, 5) is 30.6. The highest BCUT2D eigenvalue weighted by molar-refractivity contribution is 7.07. The maximum Gasteiger partial charge on any atom is 0.317 e. The molecule has 6 nitrogen and oxygen atoms in total. The van der Waals surface area contributed by atoms with Crippen LogP contribution >= 0.6 is 11.3 Å². The normalized spacial score (nSPS) is 19.9. The van der Waals surface area contributed by atoms with Crippen LogP contribution in [0.4, 0.5) is 4.79 Å². The molecule has 0 radical (unpaired) electrons. The van der Waals surface area contributed by atoms with Gasteiger partial charge in [-0.05, 0) is 48.6 Å². The third-order valence-electron chi connectivity index (χ3n) is 4.97. The highest BCUT2D eigenvalue weighted by Crippen LogP contribution is 2.11. The lowest BCUT2D eigenvalue weighted by Gasteiger charge is -2.35. The molecule has 1 N–H and O–H groups in total. The van der Waals surface area contributed by atoms with E-state index in [0.29, 0.717) is 19.6 Å². The number of likely N-dealkylation sites (tertiary alicyclic amines) is 1. The van der Waals surface area contributed by atoms with E-state index in [4.69, 9.17) is 0 Å². The van der Waals surface area contributed by atoms with Gasteiger partial charge < -0.3 is 15.1 Å². The van der Waals surface area contributed by atoms with Crippen LogP contribution < -0.4 is 5.32 Å². The number of carbonyl (C=O) groups is 2. The van der Waals surface area contributed by atoms with E-state index in [-0.39, 0.29) is 18.0 Å². The number of thiophene rings is 1. The van der Waals surface area contributed by atoms with Crippen molar-refractivity contribution in [2.45, 2.75) is 32.2 Å². The van der Waals surface area contributed by atoms with Crippen molar-refractivity contribution >= 4 is 23.3 Å². The molecule has 3 heterocycles. The molecule has 1 unspecified atom stereocenters. The molecule has 0 aliphatic carbocycles. The van der Waals surface area contributed by atoms with Crippen LogP contribution in [0.2, 0.25) is 0 Å². The smallest absolute Gasteiger partial charge is 0.317 e. The summed E-state index contributed by atoms with van der Waals surface area (Å²) in [6.45, 7) is 7.25. The van der Waals surface area contributed by atoms with Gasteiger partial charge in [0, 0.05) is 45.3 Å². The van der Waals surface area contributed by atoms with Gasteiger partial charge in [-0.1, -0.05) is 0 Å². The average molecular weight is 365 g/mol. The van der Waals surface area contributed by atoms with E-state index in [1.54, 1.807) is 11.3 Å². The van der Waals surface area contributed by atoms with Crippen LogP contribution in [0, 0.1) is 0 Å². The SMILES string of the molecule is CC(Cc1ccsc1)NC(=O)N1CCN(CC(=O)N2CCCC2)CC1. The number of amides is 3. The molecule has 7 heteroatoms. The molecule has 1 aromatic rings. The zero-order chi connectivity index (χ0) is 17.6. The lowest BCUT2D eigenvalue weighted by atomic mass is 10.1. The third-order valence-corrected chi connectivity index (χ3v) is 5.70. The lowest BCUT2D eigenvalue weighted by Crippen LogP contribution is -2.54. The van der Waals surface area contributed by atoms with Crippen LogP contribution in [0.25, 0.3) is 0 Å². The number of carbonyl (C=O) groups excluding carboxylic acids is 2. The summed E-state index contributed by atoms with van der Waals surface area (Å²) in [6, 6.07) is 2.23. The Hall–Kier alpha value is -1.60. The van der Waals surface area contributed by atoms with Crippen molar-refractivity contribution < 1.29 is 9.59 Å². The number of urea groups is 1. The van der Waals surface area contributed by atoms with Gasteiger partial charge in [0.1, 0.15) is 0 Å². The minimum atomic E-state index is 0.00764. The molecule has 0 bridgehead atoms. The van der Waals surface area contributed by atoms with E-state index in [0.717, 1.165) is 45.4 Å². The lowest BCUT2D eigenvalue weighted by molar-refractivity contribution is -0.131. The molecular weight excluding hydrogens is 336 g/mol. The standard InChI is InChI=1S/C18H28N4O2S/c1-15(12-16-4-11-25-14-16)19-18(24)22-9-7-20(8-10-22)13-17(23)21-5-2-3-6-21/h4,11,14-15H,2-3,5-10,12-13H2,1H3,(H,19,24). The number of nitrogens with zero attached hydrogens (tertiary/aromatic N) is 3. The van der Waals surface area contributed by atoms with Crippen molar-refractivity contribution in [1.82, 2.24) is 20.0 Å². The number of piperazine rings is 1. The molecular formula is C18H28N4O2S. The Bertz CT molecular complexity index is 564. The van der Waals surface area contributed by atoms with Crippen LogP contribution in [0.5, 0.6) is 0 Å². The highest BCUT2D eigenvalue weighted by Gasteiger charge is 2.25. The molecule has 3 rings (SSSR count). The largest absolute Gasteiger partial charge is 0.342 e. The van der Waals surface area contributed by atoms with E-state index in [9.17, 15) is 9.59 Å². The summed E-state index contributed by atoms with van der Waals surface area (Å²) in [5.41, 5.74) is 1.27. The predicted molar refractivity (Wildman–Crippen MR) is 99.8 cm³/mol. The van der Waals surface area contributed by atoms with Crippen molar-refractivity contribution in [1.29, 1.82) is 0 Å². The van der Waals surface area contributed by atoms with Crippen LogP contribution in [0.1, 0.15) is 25.3 Å². The Morgan fingerprint density at radius 1 is 1.12 bits per heavy atom. The van der Waals surface area contributed by atoms with Gasteiger partial charge in [0.25, 0.3) is 0 Å². The summed E-state index contributed by atoms with van der Waals surface area (Å²) in [7, 11) is 0. The molecule has 2 fully saturated rings. The zero-order valence-electron chi connectivity index (χ0n) is 14.9. The maximum absolute atomic E-state index is 12.4. The Kier molecular flexibility index (Phi) is 6.31. The van der Waals surface area contributed by atoms with Gasteiger partial charge in [-0.25, -0.2) is 4.79 Å². The van der Waals surface area contributed by atoms with Gasteiger partial charge in [-0.15, -0.1) is 0 Å². The number of hydrogen-bond donors (Lipinski definition) is 1. The van der Waals surface area contributed by atoms with Crippen LogP contribution in [0.15, 0.2) is 16.8 Å². The monoisotopic (exact) mass is 364 g/mol. The second-order valence-electron chi connectivity index (χ2n) is 7.04. The van der Waals surface area contributed by atoms with E-state index in [2.05, 4.69) is 27.0 Å². The summed E-state index contributed by atoms with van der Waals surface area (Å²) < 4.78 is 0. The van der Waals surface area contributed by atoms with Crippen molar-refractivity contribution in [2.75, 3.05) is 45.8 Å². The van der Waals surface area contributed by atoms with Crippen molar-refractivity contribution in [3.05, 3.63) is 22.4 Å². The first-order chi connectivity index (χ1) is 12.1. The fourth-order valence-electron chi connectivity index (χ4n) is 3.48. The first-order valence-corrected chi connectivity index (χ1v) is 10.1. The molecule has 0 spiro atoms. The molecule has 2 aliphatic heterocycles. The molecule has 138 valence electrons. The van der Waals surface area contributed by atoms with Gasteiger partial charge in [0.2, 0.25) is 5.91 Å². The van der Waals surface area contributed by atoms with Crippen molar-refractivity contribution in [3.63, 3.8) is 0 Å².